The van der Waals surface area contributed by atoms with Crippen LogP contribution in [0.4, 0.5) is 5.69 Å². The highest BCUT2D eigenvalue weighted by molar-refractivity contribution is 5.95. The van der Waals surface area contributed by atoms with Gasteiger partial charge in [0, 0.05) is 11.7 Å². The molecule has 3 saturated carbocycles. The molecule has 0 aliphatic heterocycles. The third-order valence-corrected chi connectivity index (χ3v) is 8.06. The van der Waals surface area contributed by atoms with Crippen molar-refractivity contribution in [2.24, 2.45) is 16.7 Å². The summed E-state index contributed by atoms with van der Waals surface area (Å²) in [6, 6.07) is 10.1. The molecule has 0 radical (unpaired) electrons. The first-order chi connectivity index (χ1) is 13.3. The van der Waals surface area contributed by atoms with E-state index in [4.69, 9.17) is 0 Å². The number of aliphatic hydroxyl groups excluding tert-OH is 1. The van der Waals surface area contributed by atoms with Gasteiger partial charge in [-0.2, -0.15) is 0 Å². The van der Waals surface area contributed by atoms with Gasteiger partial charge in [0.2, 0.25) is 5.91 Å². The number of nitrogens with one attached hydrogen (secondary N) is 1. The van der Waals surface area contributed by atoms with E-state index in [1.165, 1.54) is 19.3 Å². The Labute approximate surface area is 169 Å². The molecule has 3 aliphatic carbocycles. The van der Waals surface area contributed by atoms with E-state index >= 15 is 0 Å². The molecule has 0 aromatic heterocycles. The van der Waals surface area contributed by atoms with Crippen molar-refractivity contribution in [2.45, 2.75) is 83.9 Å². The minimum Gasteiger partial charge on any atom is -0.391 e. The zero-order valence-electron chi connectivity index (χ0n) is 17.7. The molecule has 4 nitrogen and oxygen atoms in total. The maximum absolute atomic E-state index is 13.4. The van der Waals surface area contributed by atoms with E-state index in [1.54, 1.807) is 0 Å². The van der Waals surface area contributed by atoms with Crippen molar-refractivity contribution in [3.05, 3.63) is 30.3 Å². The Balaban J connectivity index is 1.52. The van der Waals surface area contributed by atoms with Gasteiger partial charge in [-0.05, 0) is 61.0 Å². The van der Waals surface area contributed by atoms with Crippen LogP contribution in [0.15, 0.2) is 30.3 Å². The number of aliphatic hydroxyl groups is 1. The normalized spacial score (nSPS) is 36.4. The minimum atomic E-state index is -0.436. The topological polar surface area (TPSA) is 52.6 Å². The molecule has 0 spiro atoms. The number of carbonyl (C=O) groups is 1. The summed E-state index contributed by atoms with van der Waals surface area (Å²) in [4.78, 5) is 15.3. The highest BCUT2D eigenvalue weighted by atomic mass is 16.3. The van der Waals surface area contributed by atoms with Crippen molar-refractivity contribution < 1.29 is 9.90 Å². The van der Waals surface area contributed by atoms with Gasteiger partial charge in [0.15, 0.2) is 0 Å². The first-order valence-corrected chi connectivity index (χ1v) is 11.1. The van der Waals surface area contributed by atoms with E-state index in [0.717, 1.165) is 37.3 Å². The first kappa shape index (κ1) is 19.9. The molecule has 1 amide bonds. The molecule has 1 aromatic rings. The molecule has 154 valence electrons. The molecule has 0 heterocycles. The Morgan fingerprint density at radius 2 is 1.86 bits per heavy atom. The number of benzene rings is 1. The molecule has 4 rings (SSSR count). The SMILES string of the molecule is CC12CCC(C1)C(C)(C)C2NCC(=O)N(c1ccccc1)C1CCCCC1O. The highest BCUT2D eigenvalue weighted by Gasteiger charge is 2.59. The molecule has 2 bridgehead atoms. The van der Waals surface area contributed by atoms with Gasteiger partial charge < -0.3 is 15.3 Å². The summed E-state index contributed by atoms with van der Waals surface area (Å²) in [6.07, 6.45) is 7.19. The van der Waals surface area contributed by atoms with E-state index in [1.807, 2.05) is 35.2 Å². The lowest BCUT2D eigenvalue weighted by atomic mass is 9.68. The lowest BCUT2D eigenvalue weighted by molar-refractivity contribution is -0.119. The molecule has 3 aliphatic rings. The number of hydrogen-bond acceptors (Lipinski definition) is 3. The van der Waals surface area contributed by atoms with Crippen LogP contribution in [0.3, 0.4) is 0 Å². The lowest BCUT2D eigenvalue weighted by Crippen LogP contribution is -2.56. The Hall–Kier alpha value is -1.39. The van der Waals surface area contributed by atoms with Crippen molar-refractivity contribution in [1.82, 2.24) is 5.32 Å². The van der Waals surface area contributed by atoms with Crippen LogP contribution in [0, 0.1) is 16.7 Å². The van der Waals surface area contributed by atoms with Gasteiger partial charge in [-0.25, -0.2) is 0 Å². The molecule has 5 unspecified atom stereocenters. The van der Waals surface area contributed by atoms with Crippen LogP contribution in [0.25, 0.3) is 0 Å². The van der Waals surface area contributed by atoms with Gasteiger partial charge in [0.1, 0.15) is 0 Å². The minimum absolute atomic E-state index is 0.0827. The molecule has 3 fully saturated rings. The molecule has 1 aromatic carbocycles. The van der Waals surface area contributed by atoms with E-state index in [0.29, 0.717) is 18.0 Å². The third-order valence-electron chi connectivity index (χ3n) is 8.06. The number of rotatable bonds is 5. The van der Waals surface area contributed by atoms with Gasteiger partial charge in [-0.3, -0.25) is 4.79 Å². The van der Waals surface area contributed by atoms with Crippen molar-refractivity contribution in [3.63, 3.8) is 0 Å². The first-order valence-electron chi connectivity index (χ1n) is 11.1. The fraction of sp³-hybridized carbons (Fsp3) is 0.708. The predicted octanol–water partition coefficient (Wildman–Crippen LogP) is 4.13. The Bertz CT molecular complexity index is 699. The quantitative estimate of drug-likeness (QED) is 0.803. The number of nitrogens with zero attached hydrogens (tertiary/aromatic N) is 1. The van der Waals surface area contributed by atoms with Crippen LogP contribution >= 0.6 is 0 Å². The molecule has 0 saturated heterocycles. The lowest BCUT2D eigenvalue weighted by Gasteiger charge is -2.44. The maximum Gasteiger partial charge on any atom is 0.241 e. The van der Waals surface area contributed by atoms with Crippen molar-refractivity contribution in [2.75, 3.05) is 11.4 Å². The number of anilines is 1. The third kappa shape index (κ3) is 3.39. The van der Waals surface area contributed by atoms with Gasteiger partial charge in [-0.1, -0.05) is 51.8 Å². The highest BCUT2D eigenvalue weighted by Crippen LogP contribution is 2.62. The molecule has 28 heavy (non-hydrogen) atoms. The number of para-hydroxylation sites is 1. The van der Waals surface area contributed by atoms with Gasteiger partial charge in [-0.15, -0.1) is 0 Å². The molecule has 2 N–H and O–H groups in total. The second-order valence-electron chi connectivity index (χ2n) is 10.2. The second kappa shape index (κ2) is 7.46. The molecular formula is C24H36N2O2. The molecular weight excluding hydrogens is 348 g/mol. The predicted molar refractivity (Wildman–Crippen MR) is 113 cm³/mol. The summed E-state index contributed by atoms with van der Waals surface area (Å²) in [5, 5.41) is 14.3. The van der Waals surface area contributed by atoms with Gasteiger partial charge in [0.25, 0.3) is 0 Å². The van der Waals surface area contributed by atoms with Gasteiger partial charge in [0.05, 0.1) is 18.7 Å². The van der Waals surface area contributed by atoms with Crippen LogP contribution in [-0.2, 0) is 4.79 Å². The summed E-state index contributed by atoms with van der Waals surface area (Å²) < 4.78 is 0. The zero-order valence-corrected chi connectivity index (χ0v) is 17.7. The van der Waals surface area contributed by atoms with Crippen LogP contribution in [0.5, 0.6) is 0 Å². The van der Waals surface area contributed by atoms with E-state index in [9.17, 15) is 9.90 Å². The second-order valence-corrected chi connectivity index (χ2v) is 10.2. The van der Waals surface area contributed by atoms with Crippen molar-refractivity contribution in [3.8, 4) is 0 Å². The summed E-state index contributed by atoms with van der Waals surface area (Å²) in [7, 11) is 0. The maximum atomic E-state index is 13.4. The number of amides is 1. The smallest absolute Gasteiger partial charge is 0.241 e. The molecule has 4 heteroatoms. The average Bonchev–Trinajstić information content (AvgIpc) is 3.15. The van der Waals surface area contributed by atoms with Gasteiger partial charge >= 0.3 is 0 Å². The zero-order chi connectivity index (χ0) is 19.9. The van der Waals surface area contributed by atoms with Crippen molar-refractivity contribution >= 4 is 11.6 Å². The van der Waals surface area contributed by atoms with E-state index in [2.05, 4.69) is 26.1 Å². The largest absolute Gasteiger partial charge is 0.391 e. The summed E-state index contributed by atoms with van der Waals surface area (Å²) >= 11 is 0. The van der Waals surface area contributed by atoms with Crippen LogP contribution in [0.1, 0.15) is 65.7 Å². The summed E-state index contributed by atoms with van der Waals surface area (Å²) in [5.41, 5.74) is 1.43. The fourth-order valence-corrected chi connectivity index (χ4v) is 6.59. The fourth-order valence-electron chi connectivity index (χ4n) is 6.59. The number of fused-ring (bicyclic) bond motifs is 2. The van der Waals surface area contributed by atoms with E-state index < -0.39 is 6.10 Å². The van der Waals surface area contributed by atoms with Crippen LogP contribution < -0.4 is 10.2 Å². The summed E-state index contributed by atoms with van der Waals surface area (Å²) in [5.74, 6) is 0.842. The van der Waals surface area contributed by atoms with Crippen molar-refractivity contribution in [1.29, 1.82) is 0 Å². The monoisotopic (exact) mass is 384 g/mol. The summed E-state index contributed by atoms with van der Waals surface area (Å²) in [6.45, 7) is 7.46. The Kier molecular flexibility index (Phi) is 5.30. The standard InChI is InChI=1S/C24H36N2O2/c1-23(2)17-13-14-24(3,15-17)22(23)25-16-21(28)26(18-9-5-4-6-10-18)19-11-7-8-12-20(19)27/h4-6,9-10,17,19-20,22,25,27H,7-8,11-16H2,1-3H3. The molecule has 5 atom stereocenters. The number of hydrogen-bond donors (Lipinski definition) is 2. The Morgan fingerprint density at radius 3 is 2.50 bits per heavy atom. The Morgan fingerprint density at radius 1 is 1.14 bits per heavy atom. The van der Waals surface area contributed by atoms with E-state index in [-0.39, 0.29) is 17.4 Å². The van der Waals surface area contributed by atoms with Crippen LogP contribution in [-0.4, -0.2) is 35.7 Å². The average molecular weight is 385 g/mol. The van der Waals surface area contributed by atoms with Crippen LogP contribution in [0.2, 0.25) is 0 Å². The number of carbonyl (C=O) groups excluding carboxylic acids is 1.